The molecule has 2 aromatic carbocycles. The second-order valence-corrected chi connectivity index (χ2v) is 7.15. The number of rotatable bonds is 4. The Kier molecular flexibility index (Phi) is 4.64. The highest BCUT2D eigenvalue weighted by molar-refractivity contribution is 6.40. The van der Waals surface area contributed by atoms with Gasteiger partial charge in [-0.2, -0.15) is 13.2 Å². The number of benzene rings is 2. The Bertz CT molecular complexity index is 1020. The Balaban J connectivity index is 1.79. The molecule has 2 heterocycles. The lowest BCUT2D eigenvalue weighted by Crippen LogP contribution is -2.20. The van der Waals surface area contributed by atoms with Crippen molar-refractivity contribution in [2.75, 3.05) is 0 Å². The van der Waals surface area contributed by atoms with Crippen molar-refractivity contribution in [1.82, 2.24) is 9.55 Å². The molecule has 1 aromatic heterocycles. The fraction of sp³-hybridized carbons (Fsp3) is 0.211. The average Bonchev–Trinajstić information content (AvgIpc) is 3.31. The molecule has 1 aliphatic heterocycles. The van der Waals surface area contributed by atoms with E-state index in [2.05, 4.69) is 4.98 Å². The number of hydrogen-bond acceptors (Lipinski definition) is 2. The van der Waals surface area contributed by atoms with Gasteiger partial charge in [-0.3, -0.25) is 0 Å². The fourth-order valence-electron chi connectivity index (χ4n) is 3.34. The Morgan fingerprint density at radius 2 is 1.75 bits per heavy atom. The van der Waals surface area contributed by atoms with Gasteiger partial charge in [-0.15, -0.1) is 0 Å². The third-order valence-corrected chi connectivity index (χ3v) is 5.48. The van der Waals surface area contributed by atoms with Crippen molar-refractivity contribution in [3.8, 4) is 0 Å². The van der Waals surface area contributed by atoms with E-state index in [1.807, 2.05) is 0 Å². The third kappa shape index (κ3) is 3.27. The lowest BCUT2D eigenvalue weighted by atomic mass is 9.89. The third-order valence-electron chi connectivity index (χ3n) is 4.71. The number of aromatic nitrogens is 2. The van der Waals surface area contributed by atoms with Crippen molar-refractivity contribution < 1.29 is 22.3 Å². The summed E-state index contributed by atoms with van der Waals surface area (Å²) in [5.41, 5.74) is -1.42. The maximum atomic E-state index is 13.5. The topological polar surface area (TPSA) is 30.4 Å². The number of epoxide rings is 1. The van der Waals surface area contributed by atoms with Crippen molar-refractivity contribution in [2.24, 2.45) is 0 Å². The number of hydrogen-bond donors (Lipinski definition) is 0. The van der Waals surface area contributed by atoms with Crippen LogP contribution in [0.3, 0.4) is 0 Å². The highest BCUT2D eigenvalue weighted by Gasteiger charge is 2.60. The zero-order valence-electron chi connectivity index (χ0n) is 14.1. The van der Waals surface area contributed by atoms with E-state index in [-0.39, 0.29) is 22.4 Å². The largest absolute Gasteiger partial charge is 0.416 e. The number of alkyl halides is 3. The smallest absolute Gasteiger partial charge is 0.354 e. The van der Waals surface area contributed by atoms with E-state index < -0.39 is 29.3 Å². The van der Waals surface area contributed by atoms with Gasteiger partial charge in [0.2, 0.25) is 0 Å². The van der Waals surface area contributed by atoms with Crippen LogP contribution in [-0.4, -0.2) is 9.55 Å². The summed E-state index contributed by atoms with van der Waals surface area (Å²) in [5.74, 6) is -0.463. The fourth-order valence-corrected chi connectivity index (χ4v) is 3.65. The molecule has 1 aliphatic rings. The molecule has 0 unspecified atom stereocenters. The molecule has 1 saturated heterocycles. The van der Waals surface area contributed by atoms with Crippen LogP contribution in [0.4, 0.5) is 17.6 Å². The first kappa shape index (κ1) is 19.2. The molecule has 4 rings (SSSR count). The zero-order chi connectivity index (χ0) is 20.1. The Morgan fingerprint density at radius 3 is 2.36 bits per heavy atom. The number of imidazole rings is 1. The standard InChI is InChI=1S/C19H12Cl2F4N2O/c20-16-17(21)27(10-26-16)9-18(11-5-7-12(22)8-6-11)15(28-18)13-3-1-2-4-14(13)19(23,24)25/h1-8,10,15H,9H2/t15-,18-/m0/s1. The van der Waals surface area contributed by atoms with E-state index in [0.29, 0.717) is 5.56 Å². The van der Waals surface area contributed by atoms with Crippen LogP contribution in [0, 0.1) is 5.82 Å². The highest BCUT2D eigenvalue weighted by Crippen LogP contribution is 2.60. The number of halogens is 6. The molecule has 2 atom stereocenters. The predicted octanol–water partition coefficient (Wildman–Crippen LogP) is 6.01. The van der Waals surface area contributed by atoms with Gasteiger partial charge in [-0.05, 0) is 29.3 Å². The Hall–Kier alpha value is -2.09. The Labute approximate surface area is 167 Å². The summed E-state index contributed by atoms with van der Waals surface area (Å²) in [6.45, 7) is 0.0635. The highest BCUT2D eigenvalue weighted by atomic mass is 35.5. The van der Waals surface area contributed by atoms with Crippen LogP contribution in [0.1, 0.15) is 22.8 Å². The molecule has 3 nitrogen and oxygen atoms in total. The van der Waals surface area contributed by atoms with Crippen LogP contribution in [0.15, 0.2) is 54.9 Å². The minimum atomic E-state index is -4.53. The van der Waals surface area contributed by atoms with Crippen molar-refractivity contribution >= 4 is 23.2 Å². The van der Waals surface area contributed by atoms with Gasteiger partial charge in [0.25, 0.3) is 0 Å². The second-order valence-electron chi connectivity index (χ2n) is 6.43. The van der Waals surface area contributed by atoms with Crippen LogP contribution < -0.4 is 0 Å². The monoisotopic (exact) mass is 430 g/mol. The van der Waals surface area contributed by atoms with Gasteiger partial charge in [0.15, 0.2) is 5.15 Å². The lowest BCUT2D eigenvalue weighted by molar-refractivity contribution is -0.138. The predicted molar refractivity (Wildman–Crippen MR) is 95.6 cm³/mol. The van der Waals surface area contributed by atoms with Crippen molar-refractivity contribution in [1.29, 1.82) is 0 Å². The number of nitrogens with zero attached hydrogens (tertiary/aromatic N) is 2. The van der Waals surface area contributed by atoms with Gasteiger partial charge < -0.3 is 9.30 Å². The normalized spacial score (nSPS) is 21.7. The molecule has 9 heteroatoms. The first-order chi connectivity index (χ1) is 13.2. The molecule has 0 radical (unpaired) electrons. The molecule has 1 fully saturated rings. The molecule has 3 aromatic rings. The average molecular weight is 431 g/mol. The van der Waals surface area contributed by atoms with E-state index >= 15 is 0 Å². The zero-order valence-corrected chi connectivity index (χ0v) is 15.6. The molecule has 146 valence electrons. The number of ether oxygens (including phenoxy) is 1. The molecule has 0 N–H and O–H groups in total. The summed E-state index contributed by atoms with van der Waals surface area (Å²) in [7, 11) is 0. The first-order valence-electron chi connectivity index (χ1n) is 8.18. The lowest BCUT2D eigenvalue weighted by Gasteiger charge is -2.17. The molecular weight excluding hydrogens is 419 g/mol. The van der Waals surface area contributed by atoms with E-state index in [4.69, 9.17) is 27.9 Å². The minimum Gasteiger partial charge on any atom is -0.354 e. The van der Waals surface area contributed by atoms with Crippen LogP contribution in [0.25, 0.3) is 0 Å². The van der Waals surface area contributed by atoms with Gasteiger partial charge in [-0.25, -0.2) is 9.37 Å². The summed E-state index contributed by atoms with van der Waals surface area (Å²) in [5, 5.41) is 0.213. The van der Waals surface area contributed by atoms with E-state index in [9.17, 15) is 17.6 Å². The van der Waals surface area contributed by atoms with Crippen LogP contribution in [0.5, 0.6) is 0 Å². The maximum absolute atomic E-state index is 13.5. The Morgan fingerprint density at radius 1 is 1.07 bits per heavy atom. The van der Waals surface area contributed by atoms with Gasteiger partial charge >= 0.3 is 6.18 Å². The van der Waals surface area contributed by atoms with E-state index in [0.717, 1.165) is 6.07 Å². The van der Waals surface area contributed by atoms with Crippen molar-refractivity contribution in [3.63, 3.8) is 0 Å². The quantitative estimate of drug-likeness (QED) is 0.374. The summed E-state index contributed by atoms with van der Waals surface area (Å²) in [6, 6.07) is 10.6. The maximum Gasteiger partial charge on any atom is 0.416 e. The van der Waals surface area contributed by atoms with Crippen molar-refractivity contribution in [3.05, 3.63) is 87.7 Å². The molecule has 0 spiro atoms. The molecular formula is C19H12Cl2F4N2O. The molecule has 28 heavy (non-hydrogen) atoms. The SMILES string of the molecule is Fc1ccc([C@]2(Cn3cnc(Cl)c3Cl)O[C@H]2c2ccccc2C(F)(F)F)cc1. The summed E-state index contributed by atoms with van der Waals surface area (Å²) >= 11 is 12.0. The van der Waals surface area contributed by atoms with Gasteiger partial charge in [0, 0.05) is 0 Å². The molecule has 0 aliphatic carbocycles. The molecule has 0 bridgehead atoms. The van der Waals surface area contributed by atoms with E-state index in [1.165, 1.54) is 53.4 Å². The first-order valence-corrected chi connectivity index (χ1v) is 8.94. The van der Waals surface area contributed by atoms with Crippen LogP contribution in [0.2, 0.25) is 10.3 Å². The second kappa shape index (κ2) is 6.76. The van der Waals surface area contributed by atoms with Gasteiger partial charge in [0.05, 0.1) is 18.4 Å². The molecule has 0 saturated carbocycles. The van der Waals surface area contributed by atoms with Crippen molar-refractivity contribution in [2.45, 2.75) is 24.4 Å². The molecule has 0 amide bonds. The summed E-state index contributed by atoms with van der Waals surface area (Å²) in [6.07, 6.45) is -4.05. The van der Waals surface area contributed by atoms with Gasteiger partial charge in [-0.1, -0.05) is 53.5 Å². The summed E-state index contributed by atoms with van der Waals surface area (Å²) < 4.78 is 61.2. The minimum absolute atomic E-state index is 0.00154. The van der Waals surface area contributed by atoms with E-state index in [1.54, 1.807) is 0 Å². The summed E-state index contributed by atoms with van der Waals surface area (Å²) in [4.78, 5) is 3.89. The van der Waals surface area contributed by atoms with Gasteiger partial charge in [0.1, 0.15) is 22.7 Å². The van der Waals surface area contributed by atoms with Crippen LogP contribution in [-0.2, 0) is 23.1 Å². The van der Waals surface area contributed by atoms with Crippen LogP contribution >= 0.6 is 23.2 Å².